The quantitative estimate of drug-likeness (QED) is 0.626. The molecule has 0 aromatic heterocycles. The van der Waals surface area contributed by atoms with E-state index in [9.17, 15) is 9.59 Å². The van der Waals surface area contributed by atoms with E-state index in [0.29, 0.717) is 12.1 Å². The van der Waals surface area contributed by atoms with Crippen molar-refractivity contribution >= 4 is 23.4 Å². The predicted octanol–water partition coefficient (Wildman–Crippen LogP) is 3.09. The van der Waals surface area contributed by atoms with Gasteiger partial charge in [0.05, 0.1) is 5.69 Å². The fourth-order valence-corrected chi connectivity index (χ4v) is 1.46. The summed E-state index contributed by atoms with van der Waals surface area (Å²) in [7, 11) is 0. The summed E-state index contributed by atoms with van der Waals surface area (Å²) in [6.07, 6.45) is 3.91. The standard InChI is InChI=1S/C13H16N2O2/c1-3-4-5-13(17)15-12-7-6-11(14-9-16)8-10(12)2/h6-8H,3-5H2,1-2H3,(H,15,17). The Morgan fingerprint density at radius 3 is 2.82 bits per heavy atom. The smallest absolute Gasteiger partial charge is 0.240 e. The van der Waals surface area contributed by atoms with Crippen LogP contribution in [0.3, 0.4) is 0 Å². The van der Waals surface area contributed by atoms with Crippen molar-refractivity contribution in [2.45, 2.75) is 33.1 Å². The average molecular weight is 232 g/mol. The van der Waals surface area contributed by atoms with Crippen molar-refractivity contribution in [2.75, 3.05) is 5.32 Å². The fourth-order valence-electron chi connectivity index (χ4n) is 1.46. The number of carbonyl (C=O) groups excluding carboxylic acids is 2. The maximum absolute atomic E-state index is 11.5. The van der Waals surface area contributed by atoms with E-state index < -0.39 is 0 Å². The highest BCUT2D eigenvalue weighted by Gasteiger charge is 2.04. The first-order chi connectivity index (χ1) is 8.17. The first-order valence-corrected chi connectivity index (χ1v) is 5.65. The first-order valence-electron chi connectivity index (χ1n) is 5.65. The molecule has 90 valence electrons. The van der Waals surface area contributed by atoms with Crippen LogP contribution in [0.25, 0.3) is 0 Å². The molecule has 1 rings (SSSR count). The number of carbonyl (C=O) groups is 1. The molecule has 0 aliphatic rings. The summed E-state index contributed by atoms with van der Waals surface area (Å²) in [5, 5.41) is 2.84. The predicted molar refractivity (Wildman–Crippen MR) is 67.1 cm³/mol. The second-order valence-corrected chi connectivity index (χ2v) is 3.85. The van der Waals surface area contributed by atoms with Gasteiger partial charge in [-0.25, -0.2) is 4.79 Å². The molecule has 0 aliphatic carbocycles. The third kappa shape index (κ3) is 4.21. The molecular weight excluding hydrogens is 216 g/mol. The van der Waals surface area contributed by atoms with Crippen LogP contribution in [0.4, 0.5) is 11.4 Å². The zero-order valence-corrected chi connectivity index (χ0v) is 10.1. The number of aryl methyl sites for hydroxylation is 1. The summed E-state index contributed by atoms with van der Waals surface area (Å²) in [4.78, 5) is 25.2. The number of unbranched alkanes of at least 4 members (excludes halogenated alkanes) is 1. The van der Waals surface area contributed by atoms with Gasteiger partial charge in [-0.1, -0.05) is 13.3 Å². The van der Waals surface area contributed by atoms with Crippen molar-refractivity contribution in [1.29, 1.82) is 0 Å². The minimum Gasteiger partial charge on any atom is -0.326 e. The van der Waals surface area contributed by atoms with Crippen LogP contribution in [0, 0.1) is 6.92 Å². The number of nitrogens with zero attached hydrogens (tertiary/aromatic N) is 1. The summed E-state index contributed by atoms with van der Waals surface area (Å²) in [6.45, 7) is 3.91. The van der Waals surface area contributed by atoms with E-state index in [0.717, 1.165) is 24.1 Å². The Hall–Kier alpha value is -1.93. The van der Waals surface area contributed by atoms with Crippen LogP contribution in [-0.4, -0.2) is 12.0 Å². The molecule has 0 bridgehead atoms. The highest BCUT2D eigenvalue weighted by Crippen LogP contribution is 2.21. The summed E-state index contributed by atoms with van der Waals surface area (Å²) >= 11 is 0. The van der Waals surface area contributed by atoms with E-state index in [4.69, 9.17) is 0 Å². The number of isocyanates is 1. The molecule has 1 aromatic carbocycles. The molecule has 0 aliphatic heterocycles. The van der Waals surface area contributed by atoms with E-state index in [-0.39, 0.29) is 5.91 Å². The lowest BCUT2D eigenvalue weighted by Gasteiger charge is -2.08. The Labute approximate surface area is 101 Å². The van der Waals surface area contributed by atoms with E-state index >= 15 is 0 Å². The maximum atomic E-state index is 11.5. The molecule has 0 radical (unpaired) electrons. The summed E-state index contributed by atoms with van der Waals surface area (Å²) in [5.41, 5.74) is 2.19. The van der Waals surface area contributed by atoms with Crippen molar-refractivity contribution in [3.8, 4) is 0 Å². The van der Waals surface area contributed by atoms with Gasteiger partial charge in [-0.2, -0.15) is 4.99 Å². The first kappa shape index (κ1) is 13.1. The molecule has 1 aromatic rings. The van der Waals surface area contributed by atoms with Gasteiger partial charge in [-0.05, 0) is 37.1 Å². The van der Waals surface area contributed by atoms with Crippen molar-refractivity contribution in [3.05, 3.63) is 23.8 Å². The molecular formula is C13H16N2O2. The molecule has 1 amide bonds. The average Bonchev–Trinajstić information content (AvgIpc) is 2.30. The number of amides is 1. The monoisotopic (exact) mass is 232 g/mol. The Balaban J connectivity index is 2.72. The van der Waals surface area contributed by atoms with E-state index in [1.165, 1.54) is 6.08 Å². The topological polar surface area (TPSA) is 58.5 Å². The van der Waals surface area contributed by atoms with E-state index in [2.05, 4.69) is 10.3 Å². The molecule has 0 saturated carbocycles. The highest BCUT2D eigenvalue weighted by molar-refractivity contribution is 5.91. The second-order valence-electron chi connectivity index (χ2n) is 3.85. The van der Waals surface area contributed by atoms with Crippen molar-refractivity contribution < 1.29 is 9.59 Å². The van der Waals surface area contributed by atoms with Crippen LogP contribution in [0.2, 0.25) is 0 Å². The largest absolute Gasteiger partial charge is 0.326 e. The molecule has 0 heterocycles. The van der Waals surface area contributed by atoms with Gasteiger partial charge in [0.1, 0.15) is 0 Å². The molecule has 4 nitrogen and oxygen atoms in total. The molecule has 0 unspecified atom stereocenters. The van der Waals surface area contributed by atoms with Crippen LogP contribution < -0.4 is 5.32 Å². The summed E-state index contributed by atoms with van der Waals surface area (Å²) in [5.74, 6) is 0.0154. The van der Waals surface area contributed by atoms with Gasteiger partial charge in [0.2, 0.25) is 12.0 Å². The number of hydrogen-bond acceptors (Lipinski definition) is 3. The zero-order chi connectivity index (χ0) is 12.7. The number of nitrogens with one attached hydrogen (secondary N) is 1. The Kier molecular flexibility index (Phi) is 5.11. The molecule has 0 atom stereocenters. The third-order valence-corrected chi connectivity index (χ3v) is 2.42. The Bertz CT molecular complexity index is 449. The van der Waals surface area contributed by atoms with E-state index in [1.807, 2.05) is 13.8 Å². The van der Waals surface area contributed by atoms with Crippen molar-refractivity contribution in [1.82, 2.24) is 0 Å². The Morgan fingerprint density at radius 1 is 1.47 bits per heavy atom. The SMILES string of the molecule is CCCCC(=O)Nc1ccc(N=C=O)cc1C. The molecule has 0 spiro atoms. The number of hydrogen-bond donors (Lipinski definition) is 1. The van der Waals surface area contributed by atoms with Crippen LogP contribution in [0.5, 0.6) is 0 Å². The number of aliphatic imine (C=N–C) groups is 1. The maximum Gasteiger partial charge on any atom is 0.240 e. The van der Waals surface area contributed by atoms with Crippen LogP contribution in [0.15, 0.2) is 23.2 Å². The zero-order valence-electron chi connectivity index (χ0n) is 10.1. The second kappa shape index (κ2) is 6.61. The summed E-state index contributed by atoms with van der Waals surface area (Å²) < 4.78 is 0. The van der Waals surface area contributed by atoms with Crippen LogP contribution in [-0.2, 0) is 9.59 Å². The number of benzene rings is 1. The van der Waals surface area contributed by atoms with Gasteiger partial charge in [-0.15, -0.1) is 0 Å². The lowest BCUT2D eigenvalue weighted by Crippen LogP contribution is -2.11. The minimum atomic E-state index is 0.0154. The third-order valence-electron chi connectivity index (χ3n) is 2.42. The normalized spacial score (nSPS) is 9.53. The molecule has 17 heavy (non-hydrogen) atoms. The van der Waals surface area contributed by atoms with Crippen molar-refractivity contribution in [3.63, 3.8) is 0 Å². The molecule has 1 N–H and O–H groups in total. The van der Waals surface area contributed by atoms with Crippen molar-refractivity contribution in [2.24, 2.45) is 4.99 Å². The van der Waals surface area contributed by atoms with Gasteiger partial charge in [0.25, 0.3) is 0 Å². The lowest BCUT2D eigenvalue weighted by atomic mass is 10.1. The number of anilines is 1. The van der Waals surface area contributed by atoms with Gasteiger partial charge < -0.3 is 5.32 Å². The van der Waals surface area contributed by atoms with Gasteiger partial charge in [-0.3, -0.25) is 4.79 Å². The van der Waals surface area contributed by atoms with E-state index in [1.54, 1.807) is 18.2 Å². The highest BCUT2D eigenvalue weighted by atomic mass is 16.1. The van der Waals surface area contributed by atoms with Gasteiger partial charge in [0, 0.05) is 12.1 Å². The minimum absolute atomic E-state index is 0.0154. The Morgan fingerprint density at radius 2 is 2.24 bits per heavy atom. The molecule has 0 saturated heterocycles. The number of rotatable bonds is 5. The molecule has 4 heteroatoms. The lowest BCUT2D eigenvalue weighted by molar-refractivity contribution is -0.116. The fraction of sp³-hybridized carbons (Fsp3) is 0.385. The van der Waals surface area contributed by atoms with Crippen LogP contribution in [0.1, 0.15) is 31.7 Å². The van der Waals surface area contributed by atoms with Crippen LogP contribution >= 0.6 is 0 Å². The van der Waals surface area contributed by atoms with Gasteiger partial charge in [0.15, 0.2) is 0 Å². The summed E-state index contributed by atoms with van der Waals surface area (Å²) in [6, 6.07) is 5.16. The molecule has 0 fully saturated rings. The van der Waals surface area contributed by atoms with Gasteiger partial charge >= 0.3 is 0 Å².